The molecule has 70 heavy (non-hydrogen) atoms. The van der Waals surface area contributed by atoms with Crippen molar-refractivity contribution in [2.75, 3.05) is 0 Å². The minimum atomic E-state index is -0.565. The Morgan fingerprint density at radius 2 is 0.914 bits per heavy atom. The molecule has 0 radical (unpaired) electrons. The van der Waals surface area contributed by atoms with Gasteiger partial charge in [0.15, 0.2) is 28.8 Å². The highest BCUT2D eigenvalue weighted by Gasteiger charge is 2.48. The first-order valence-corrected chi connectivity index (χ1v) is 23.7. The molecule has 10 aromatic carbocycles. The van der Waals surface area contributed by atoms with E-state index < -0.39 is 5.41 Å². The van der Waals surface area contributed by atoms with Crippen molar-refractivity contribution in [3.63, 3.8) is 0 Å². The Kier molecular flexibility index (Phi) is 9.04. The molecule has 0 unspecified atom stereocenters. The number of ether oxygens (including phenoxy) is 2. The monoisotopic (exact) mass is 895 g/mol. The summed E-state index contributed by atoms with van der Waals surface area (Å²) < 4.78 is 16.4. The van der Waals surface area contributed by atoms with Gasteiger partial charge >= 0.3 is 0 Å². The fourth-order valence-electron chi connectivity index (χ4n) is 11.1. The predicted octanol–water partition coefficient (Wildman–Crippen LogP) is 16.5. The highest BCUT2D eigenvalue weighted by atomic mass is 16.6. The van der Waals surface area contributed by atoms with E-state index >= 15 is 0 Å². The molecule has 2 aromatic heterocycles. The first-order valence-electron chi connectivity index (χ1n) is 23.7. The van der Waals surface area contributed by atoms with E-state index in [2.05, 4.69) is 223 Å². The van der Waals surface area contributed by atoms with Gasteiger partial charge in [-0.2, -0.15) is 0 Å². The first-order chi connectivity index (χ1) is 34.7. The van der Waals surface area contributed by atoms with E-state index in [1.165, 1.54) is 38.5 Å². The third-order valence-electron chi connectivity index (χ3n) is 14.2. The summed E-state index contributed by atoms with van der Waals surface area (Å²) in [5, 5.41) is 2.47. The Morgan fingerprint density at radius 1 is 0.357 bits per heavy atom. The molecular formula is C65H41N3O2. The van der Waals surface area contributed by atoms with Crippen molar-refractivity contribution in [2.24, 2.45) is 0 Å². The zero-order valence-electron chi connectivity index (χ0n) is 37.8. The van der Waals surface area contributed by atoms with E-state index in [-0.39, 0.29) is 0 Å². The van der Waals surface area contributed by atoms with Gasteiger partial charge < -0.3 is 14.0 Å². The molecule has 0 atom stereocenters. The number of fused-ring (bicyclic) bond motifs is 9. The molecule has 2 aliphatic rings. The van der Waals surface area contributed by atoms with Crippen LogP contribution in [0.3, 0.4) is 0 Å². The summed E-state index contributed by atoms with van der Waals surface area (Å²) in [6, 6.07) is 87.6. The van der Waals surface area contributed by atoms with Gasteiger partial charge in [0.2, 0.25) is 0 Å². The van der Waals surface area contributed by atoms with E-state index in [0.717, 1.165) is 61.6 Å². The topological polar surface area (TPSA) is 49.2 Å². The van der Waals surface area contributed by atoms with Crippen LogP contribution in [0.25, 0.3) is 83.6 Å². The van der Waals surface area contributed by atoms with Gasteiger partial charge in [0.25, 0.3) is 0 Å². The van der Waals surface area contributed by atoms with Crippen LogP contribution in [0.5, 0.6) is 23.0 Å². The molecule has 328 valence electrons. The Bertz CT molecular complexity index is 3900. The summed E-state index contributed by atoms with van der Waals surface area (Å²) in [7, 11) is 0. The summed E-state index contributed by atoms with van der Waals surface area (Å²) in [6.07, 6.45) is 0. The zero-order chi connectivity index (χ0) is 46.2. The molecule has 0 spiro atoms. The van der Waals surface area contributed by atoms with Gasteiger partial charge in [-0.15, -0.1) is 0 Å². The van der Waals surface area contributed by atoms with Crippen LogP contribution in [0.2, 0.25) is 0 Å². The maximum Gasteiger partial charge on any atom is 0.178 e. The van der Waals surface area contributed by atoms with E-state index in [1.807, 2.05) is 30.3 Å². The highest BCUT2D eigenvalue weighted by Crippen LogP contribution is 2.63. The molecule has 3 heterocycles. The standard InChI is InChI=1S/C65H41N3O2/c1-4-18-43(19-5-1)64-66-55(42-34-36-48(37-35-42)68-57-31-14-11-26-50(57)51-27-12-15-32-58(51)68)41-56(67-64)45-21-16-20-44(40-45)49-29-17-33-59-62(49)70-63-60(69-59)39-38-54-61(63)52-28-10-13-30-53(52)65(54,46-22-6-2-7-23-46)47-24-8-3-9-25-47/h1-41H. The number of aromatic nitrogens is 3. The lowest BCUT2D eigenvalue weighted by atomic mass is 9.68. The van der Waals surface area contributed by atoms with E-state index in [1.54, 1.807) is 0 Å². The van der Waals surface area contributed by atoms with Crippen molar-refractivity contribution >= 4 is 21.8 Å². The minimum Gasteiger partial charge on any atom is -0.449 e. The molecule has 0 fully saturated rings. The molecule has 0 saturated carbocycles. The first kappa shape index (κ1) is 39.8. The molecule has 5 nitrogen and oxygen atoms in total. The molecule has 0 saturated heterocycles. The molecule has 5 heteroatoms. The number of nitrogens with zero attached hydrogens (tertiary/aromatic N) is 3. The second-order valence-electron chi connectivity index (χ2n) is 18.0. The Labute approximate surface area is 405 Å². The Hall–Kier alpha value is -9.32. The van der Waals surface area contributed by atoms with Crippen molar-refractivity contribution in [2.45, 2.75) is 5.41 Å². The van der Waals surface area contributed by atoms with Crippen molar-refractivity contribution in [3.05, 3.63) is 271 Å². The predicted molar refractivity (Wildman–Crippen MR) is 282 cm³/mol. The van der Waals surface area contributed by atoms with Gasteiger partial charge in [0.05, 0.1) is 27.8 Å². The number of hydrogen-bond acceptors (Lipinski definition) is 4. The van der Waals surface area contributed by atoms with Crippen LogP contribution < -0.4 is 9.47 Å². The molecule has 12 aromatic rings. The Morgan fingerprint density at radius 3 is 1.63 bits per heavy atom. The fourth-order valence-corrected chi connectivity index (χ4v) is 11.1. The lowest BCUT2D eigenvalue weighted by molar-refractivity contribution is 0.361. The summed E-state index contributed by atoms with van der Waals surface area (Å²) in [4.78, 5) is 10.4. The largest absolute Gasteiger partial charge is 0.449 e. The maximum absolute atomic E-state index is 7.26. The van der Waals surface area contributed by atoms with Gasteiger partial charge in [0.1, 0.15) is 0 Å². The van der Waals surface area contributed by atoms with E-state index in [0.29, 0.717) is 28.8 Å². The van der Waals surface area contributed by atoms with Gasteiger partial charge in [-0.05, 0) is 81.9 Å². The van der Waals surface area contributed by atoms with Crippen LogP contribution in [0.4, 0.5) is 0 Å². The van der Waals surface area contributed by atoms with E-state index in [4.69, 9.17) is 19.4 Å². The lowest BCUT2D eigenvalue weighted by Gasteiger charge is -2.34. The van der Waals surface area contributed by atoms with Crippen molar-refractivity contribution < 1.29 is 9.47 Å². The summed E-state index contributed by atoms with van der Waals surface area (Å²) in [6.45, 7) is 0. The molecule has 0 bridgehead atoms. The summed E-state index contributed by atoms with van der Waals surface area (Å²) in [5.74, 6) is 3.40. The zero-order valence-corrected chi connectivity index (χ0v) is 37.8. The van der Waals surface area contributed by atoms with Gasteiger partial charge in [-0.1, -0.05) is 200 Å². The van der Waals surface area contributed by atoms with Crippen LogP contribution in [0.1, 0.15) is 22.3 Å². The quantitative estimate of drug-likeness (QED) is 0.160. The Balaban J connectivity index is 0.870. The van der Waals surface area contributed by atoms with Gasteiger partial charge in [-0.3, -0.25) is 0 Å². The van der Waals surface area contributed by atoms with Crippen LogP contribution >= 0.6 is 0 Å². The lowest BCUT2D eigenvalue weighted by Crippen LogP contribution is -2.28. The highest BCUT2D eigenvalue weighted by molar-refractivity contribution is 6.09. The number of benzene rings is 10. The second kappa shape index (κ2) is 15.9. The SMILES string of the molecule is c1ccc(-c2nc(-c3ccc(-n4c5ccccc5c5ccccc54)cc3)cc(-c3cccc(-c4cccc5c4Oc4c(ccc6c4-c4ccccc4C6(c4ccccc4)c4ccccc4)O5)c3)n2)cc1. The third-order valence-corrected chi connectivity index (χ3v) is 14.2. The van der Waals surface area contributed by atoms with Crippen LogP contribution in [-0.2, 0) is 5.41 Å². The van der Waals surface area contributed by atoms with Crippen LogP contribution in [0, 0.1) is 0 Å². The maximum atomic E-state index is 7.26. The van der Waals surface area contributed by atoms with Gasteiger partial charge in [0, 0.05) is 44.3 Å². The summed E-state index contributed by atoms with van der Waals surface area (Å²) in [5.41, 5.74) is 16.3. The smallest absolute Gasteiger partial charge is 0.178 e. The number of hydrogen-bond donors (Lipinski definition) is 0. The normalized spacial score (nSPS) is 12.9. The van der Waals surface area contributed by atoms with Crippen molar-refractivity contribution in [1.29, 1.82) is 0 Å². The molecule has 14 rings (SSSR count). The average Bonchev–Trinajstić information content (AvgIpc) is 3.94. The molecular weight excluding hydrogens is 855 g/mol. The summed E-state index contributed by atoms with van der Waals surface area (Å²) >= 11 is 0. The molecule has 0 amide bonds. The molecule has 0 N–H and O–H groups in total. The third kappa shape index (κ3) is 6.11. The number of rotatable bonds is 7. The van der Waals surface area contributed by atoms with E-state index in [9.17, 15) is 0 Å². The molecule has 1 aliphatic carbocycles. The second-order valence-corrected chi connectivity index (χ2v) is 18.0. The fraction of sp³-hybridized carbons (Fsp3) is 0.0154. The molecule has 1 aliphatic heterocycles. The minimum absolute atomic E-state index is 0.565. The van der Waals surface area contributed by atoms with Crippen molar-refractivity contribution in [1.82, 2.24) is 14.5 Å². The van der Waals surface area contributed by atoms with Crippen molar-refractivity contribution in [3.8, 4) is 84.8 Å². The number of para-hydroxylation sites is 3. The van der Waals surface area contributed by atoms with Crippen LogP contribution in [0.15, 0.2) is 249 Å². The van der Waals surface area contributed by atoms with Gasteiger partial charge in [-0.25, -0.2) is 9.97 Å². The van der Waals surface area contributed by atoms with Crippen LogP contribution in [-0.4, -0.2) is 14.5 Å². The average molecular weight is 896 g/mol.